The van der Waals surface area contributed by atoms with Gasteiger partial charge in [-0.25, -0.2) is 4.79 Å². The Kier molecular flexibility index (Phi) is 9.06. The highest BCUT2D eigenvalue weighted by Gasteiger charge is 2.56. The number of carbonyl (C=O) groups is 3. The van der Waals surface area contributed by atoms with Gasteiger partial charge in [-0.2, -0.15) is 0 Å². The number of likely N-dealkylation sites (tertiary alicyclic amines) is 1. The Morgan fingerprint density at radius 1 is 1.09 bits per heavy atom. The van der Waals surface area contributed by atoms with E-state index in [0.717, 1.165) is 5.56 Å². The minimum atomic E-state index is -0.914. The summed E-state index contributed by atoms with van der Waals surface area (Å²) in [5.74, 6) is -1.90. The first-order valence-corrected chi connectivity index (χ1v) is 11.5. The van der Waals surface area contributed by atoms with Crippen molar-refractivity contribution in [1.82, 2.24) is 10.2 Å². The van der Waals surface area contributed by atoms with Gasteiger partial charge in [-0.3, -0.25) is 14.5 Å². The van der Waals surface area contributed by atoms with Crippen molar-refractivity contribution in [3.8, 4) is 0 Å². The van der Waals surface area contributed by atoms with Crippen LogP contribution in [0.4, 0.5) is 4.79 Å². The fourth-order valence-electron chi connectivity index (χ4n) is 3.92. The second-order valence-electron chi connectivity index (χ2n) is 9.31. The van der Waals surface area contributed by atoms with Crippen LogP contribution in [0.2, 0.25) is 0 Å². The second kappa shape index (κ2) is 11.8. The van der Waals surface area contributed by atoms with Crippen LogP contribution in [-0.2, 0) is 38.0 Å². The Hall–Kier alpha value is -2.73. The molecule has 2 heterocycles. The van der Waals surface area contributed by atoms with Crippen molar-refractivity contribution >= 4 is 18.0 Å². The average molecular weight is 495 g/mol. The third kappa shape index (κ3) is 7.14. The topological polar surface area (TPSA) is 122 Å². The highest BCUT2D eigenvalue weighted by molar-refractivity contribution is 5.78. The monoisotopic (exact) mass is 494 g/mol. The number of ether oxygens (including phenoxy) is 6. The van der Waals surface area contributed by atoms with Crippen molar-refractivity contribution in [2.75, 3.05) is 33.7 Å². The van der Waals surface area contributed by atoms with E-state index in [4.69, 9.17) is 28.4 Å². The highest BCUT2D eigenvalue weighted by atomic mass is 16.7. The smallest absolute Gasteiger partial charge is 0.412 e. The molecule has 1 N–H and O–H groups in total. The van der Waals surface area contributed by atoms with E-state index >= 15 is 0 Å². The van der Waals surface area contributed by atoms with Gasteiger partial charge in [-0.15, -0.1) is 0 Å². The quantitative estimate of drug-likeness (QED) is 0.328. The minimum Gasteiger partial charge on any atom is -0.444 e. The van der Waals surface area contributed by atoms with E-state index in [2.05, 4.69) is 5.32 Å². The van der Waals surface area contributed by atoms with Crippen LogP contribution in [0, 0.1) is 5.92 Å². The Labute approximate surface area is 204 Å². The number of fused-ring (bicyclic) bond motifs is 1. The maximum atomic E-state index is 13.1. The van der Waals surface area contributed by atoms with Crippen LogP contribution >= 0.6 is 0 Å². The lowest BCUT2D eigenvalue weighted by Gasteiger charge is -2.44. The average Bonchev–Trinajstić information content (AvgIpc) is 3.23. The summed E-state index contributed by atoms with van der Waals surface area (Å²) < 4.78 is 33.3. The molecule has 11 heteroatoms. The number of rotatable bonds is 8. The van der Waals surface area contributed by atoms with Crippen LogP contribution in [-0.4, -0.2) is 80.5 Å². The van der Waals surface area contributed by atoms with E-state index in [-0.39, 0.29) is 25.9 Å². The maximum Gasteiger partial charge on any atom is 0.412 e. The number of hydrogen-bond acceptors (Lipinski definition) is 9. The van der Waals surface area contributed by atoms with Crippen molar-refractivity contribution in [2.24, 2.45) is 5.92 Å². The first-order valence-electron chi connectivity index (χ1n) is 11.5. The molecule has 2 amide bonds. The molecule has 2 saturated heterocycles. The zero-order valence-corrected chi connectivity index (χ0v) is 20.7. The molecule has 2 aliphatic rings. The Bertz CT molecular complexity index is 873. The molecule has 2 aliphatic heterocycles. The molecule has 2 fully saturated rings. The van der Waals surface area contributed by atoms with Gasteiger partial charge >= 0.3 is 12.1 Å². The number of hydrogen-bond donors (Lipinski definition) is 1. The molecule has 0 unspecified atom stereocenters. The molecular formula is C24H34N2O9. The number of benzene rings is 1. The number of amides is 2. The first kappa shape index (κ1) is 26.9. The lowest BCUT2D eigenvalue weighted by Crippen LogP contribution is -2.67. The predicted octanol–water partition coefficient (Wildman–Crippen LogP) is 1.96. The molecule has 0 saturated carbocycles. The van der Waals surface area contributed by atoms with Crippen LogP contribution in [0.1, 0.15) is 39.5 Å². The summed E-state index contributed by atoms with van der Waals surface area (Å²) >= 11 is 0. The van der Waals surface area contributed by atoms with Crippen molar-refractivity contribution < 1.29 is 42.8 Å². The molecular weight excluding hydrogens is 460 g/mol. The number of esters is 1. The van der Waals surface area contributed by atoms with E-state index in [0.29, 0.717) is 6.61 Å². The number of methoxy groups -OCH3 is 1. The van der Waals surface area contributed by atoms with Crippen LogP contribution < -0.4 is 5.32 Å². The highest BCUT2D eigenvalue weighted by Crippen LogP contribution is 2.40. The Morgan fingerprint density at radius 3 is 2.40 bits per heavy atom. The summed E-state index contributed by atoms with van der Waals surface area (Å²) in [6.07, 6.45) is -4.05. The predicted molar refractivity (Wildman–Crippen MR) is 122 cm³/mol. The van der Waals surface area contributed by atoms with Crippen LogP contribution in [0.15, 0.2) is 30.3 Å². The maximum absolute atomic E-state index is 13.1. The number of piperidine rings is 1. The van der Waals surface area contributed by atoms with Gasteiger partial charge in [0.15, 0.2) is 13.1 Å². The van der Waals surface area contributed by atoms with Crippen LogP contribution in [0.25, 0.3) is 0 Å². The molecule has 5 atom stereocenters. The lowest BCUT2D eigenvalue weighted by atomic mass is 9.90. The van der Waals surface area contributed by atoms with Crippen LogP contribution in [0.3, 0.4) is 0 Å². The van der Waals surface area contributed by atoms with Crippen LogP contribution in [0.5, 0.6) is 0 Å². The molecule has 0 radical (unpaired) electrons. The van der Waals surface area contributed by atoms with Gasteiger partial charge in [0.2, 0.25) is 5.91 Å². The summed E-state index contributed by atoms with van der Waals surface area (Å²) in [4.78, 5) is 39.5. The van der Waals surface area contributed by atoms with E-state index in [1.807, 2.05) is 30.3 Å². The molecule has 0 spiro atoms. The summed E-state index contributed by atoms with van der Waals surface area (Å²) in [6.45, 7) is 6.75. The fourth-order valence-corrected chi connectivity index (χ4v) is 3.92. The van der Waals surface area contributed by atoms with Crippen molar-refractivity contribution in [3.05, 3.63) is 35.9 Å². The standard InChI is InChI=1S/C24H34N2O9/c1-15(27)25-20-19-18(33-22(34-19)16-9-7-6-8-10-16)17(21(28)32-14-31-12-11-30-5)13-26(20)23(29)35-24(2,3)4/h6-10,17-20,22H,11-14H2,1-5H3,(H,25,27)/t17-,18-,19-,20-,22-/m0/s1. The zero-order chi connectivity index (χ0) is 25.6. The van der Waals surface area contributed by atoms with Gasteiger partial charge in [0.1, 0.15) is 29.9 Å². The van der Waals surface area contributed by atoms with E-state index < -0.39 is 48.2 Å². The van der Waals surface area contributed by atoms with E-state index in [9.17, 15) is 14.4 Å². The van der Waals surface area contributed by atoms with Gasteiger partial charge in [0, 0.05) is 26.1 Å². The van der Waals surface area contributed by atoms with Gasteiger partial charge in [-0.1, -0.05) is 30.3 Å². The molecule has 0 aromatic heterocycles. The molecule has 3 rings (SSSR count). The number of nitrogens with zero attached hydrogens (tertiary/aromatic N) is 1. The normalized spacial score (nSPS) is 26.1. The summed E-state index contributed by atoms with van der Waals surface area (Å²) in [7, 11) is 1.54. The molecule has 1 aromatic rings. The molecule has 194 valence electrons. The molecule has 0 bridgehead atoms. The molecule has 11 nitrogen and oxygen atoms in total. The van der Waals surface area contributed by atoms with Crippen molar-refractivity contribution in [1.29, 1.82) is 0 Å². The van der Waals surface area contributed by atoms with Crippen molar-refractivity contribution in [3.63, 3.8) is 0 Å². The first-order chi connectivity index (χ1) is 16.6. The summed E-state index contributed by atoms with van der Waals surface area (Å²) in [6, 6.07) is 9.20. The fraction of sp³-hybridized carbons (Fsp3) is 0.625. The summed E-state index contributed by atoms with van der Waals surface area (Å²) in [5, 5.41) is 2.76. The van der Waals surface area contributed by atoms with E-state index in [1.54, 1.807) is 20.8 Å². The Balaban J connectivity index is 1.87. The van der Waals surface area contributed by atoms with E-state index in [1.165, 1.54) is 18.9 Å². The zero-order valence-electron chi connectivity index (χ0n) is 20.7. The summed E-state index contributed by atoms with van der Waals surface area (Å²) in [5.41, 5.74) is -0.0539. The third-order valence-electron chi connectivity index (χ3n) is 5.39. The van der Waals surface area contributed by atoms with Gasteiger partial charge < -0.3 is 33.7 Å². The number of nitrogens with one attached hydrogen (secondary N) is 1. The van der Waals surface area contributed by atoms with Gasteiger partial charge in [0.25, 0.3) is 0 Å². The second-order valence-corrected chi connectivity index (χ2v) is 9.31. The SMILES string of the molecule is COCCOCOC(=O)[C@H]1CN(C(=O)OC(C)(C)C)[C@H](NC(C)=O)[C@H]2O[C@@H](c3ccccc3)O[C@H]21. The molecule has 0 aliphatic carbocycles. The lowest BCUT2D eigenvalue weighted by molar-refractivity contribution is -0.171. The van der Waals surface area contributed by atoms with Crippen molar-refractivity contribution in [2.45, 2.75) is 58.0 Å². The number of carbonyl (C=O) groups excluding carboxylic acids is 3. The minimum absolute atomic E-state index is 0.108. The largest absolute Gasteiger partial charge is 0.444 e. The van der Waals surface area contributed by atoms with Gasteiger partial charge in [-0.05, 0) is 20.8 Å². The molecule has 1 aromatic carbocycles. The Morgan fingerprint density at radius 2 is 1.77 bits per heavy atom. The third-order valence-corrected chi connectivity index (χ3v) is 5.39. The molecule has 35 heavy (non-hydrogen) atoms. The van der Waals surface area contributed by atoms with Gasteiger partial charge in [0.05, 0.1) is 13.2 Å².